The van der Waals surface area contributed by atoms with E-state index >= 15 is 0 Å². The number of thioether (sulfide) groups is 1. The van der Waals surface area contributed by atoms with Crippen LogP contribution in [0.1, 0.15) is 27.2 Å². The van der Waals surface area contributed by atoms with Crippen molar-refractivity contribution in [3.05, 3.63) is 0 Å². The number of aliphatic hydroxyl groups is 1. The van der Waals surface area contributed by atoms with Gasteiger partial charge in [0, 0.05) is 19.7 Å². The van der Waals surface area contributed by atoms with Gasteiger partial charge in [0.15, 0.2) is 5.96 Å². The summed E-state index contributed by atoms with van der Waals surface area (Å²) in [5.74, 6) is 7.36. The number of nitrogens with two attached hydrogens (primary N) is 2. The number of rotatable bonds is 9. The Kier molecular flexibility index (Phi) is 11.5. The molecule has 0 bridgehead atoms. The number of amidine groups is 1. The zero-order valence-electron chi connectivity index (χ0n) is 12.6. The summed E-state index contributed by atoms with van der Waals surface area (Å²) in [6.07, 6.45) is 0.638. The third-order valence-electron chi connectivity index (χ3n) is 2.43. The Balaban J connectivity index is 4.65. The highest BCUT2D eigenvalue weighted by Gasteiger charge is 2.11. The van der Waals surface area contributed by atoms with Gasteiger partial charge in [-0.15, -0.1) is 0 Å². The third kappa shape index (κ3) is 9.13. The molecule has 0 fully saturated rings. The van der Waals surface area contributed by atoms with Crippen molar-refractivity contribution in [2.45, 2.75) is 38.5 Å². The van der Waals surface area contributed by atoms with Crippen LogP contribution in [0, 0.1) is 0 Å². The van der Waals surface area contributed by atoms with E-state index in [0.717, 1.165) is 11.6 Å². The molecule has 0 aromatic heterocycles. The fraction of sp³-hybridized carbons (Fsp3) is 0.833. The van der Waals surface area contributed by atoms with Gasteiger partial charge in [0.2, 0.25) is 0 Å². The summed E-state index contributed by atoms with van der Waals surface area (Å²) < 4.78 is 0. The van der Waals surface area contributed by atoms with Gasteiger partial charge in [-0.05, 0) is 26.0 Å². The Hall–Kier alpha value is -0.830. The van der Waals surface area contributed by atoms with E-state index in [-0.39, 0.29) is 17.9 Å². The normalized spacial score (nSPS) is 16.1. The lowest BCUT2D eigenvalue weighted by Crippen LogP contribution is -2.42. The molecule has 0 aromatic carbocycles. The summed E-state index contributed by atoms with van der Waals surface area (Å²) in [7, 11) is 0. The summed E-state index contributed by atoms with van der Waals surface area (Å²) >= 11 is 1.77. The van der Waals surface area contributed by atoms with Crippen molar-refractivity contribution < 1.29 is 5.11 Å². The molecule has 1 unspecified atom stereocenters. The number of hydrogen-bond donors (Lipinski definition) is 5. The molecule has 0 aliphatic rings. The van der Waals surface area contributed by atoms with Crippen LogP contribution in [0.25, 0.3) is 0 Å². The lowest BCUT2D eigenvalue weighted by atomic mass is 10.3. The van der Waals surface area contributed by atoms with Crippen LogP contribution in [0.4, 0.5) is 0 Å². The molecule has 0 aliphatic carbocycles. The molecule has 0 amide bonds. The van der Waals surface area contributed by atoms with Crippen molar-refractivity contribution >= 4 is 23.6 Å². The minimum Gasteiger partial charge on any atom is -0.396 e. The molecule has 7 nitrogen and oxygen atoms in total. The number of nitrogens with zero attached hydrogens (tertiary/aromatic N) is 2. The van der Waals surface area contributed by atoms with E-state index in [4.69, 9.17) is 16.7 Å². The van der Waals surface area contributed by atoms with Gasteiger partial charge in [-0.2, -0.15) is 11.8 Å². The van der Waals surface area contributed by atoms with Crippen LogP contribution < -0.4 is 22.3 Å². The van der Waals surface area contributed by atoms with Crippen molar-refractivity contribution in [3.8, 4) is 0 Å². The number of hydrogen-bond acceptors (Lipinski definition) is 6. The largest absolute Gasteiger partial charge is 0.396 e. The Morgan fingerprint density at radius 3 is 2.65 bits per heavy atom. The molecule has 0 radical (unpaired) electrons. The van der Waals surface area contributed by atoms with Gasteiger partial charge in [0.1, 0.15) is 5.84 Å². The van der Waals surface area contributed by atoms with E-state index in [1.165, 1.54) is 0 Å². The third-order valence-corrected chi connectivity index (χ3v) is 3.49. The second kappa shape index (κ2) is 12.0. The molecule has 0 aliphatic heterocycles. The number of aliphatic imine (C=N–C) groups is 2. The summed E-state index contributed by atoms with van der Waals surface area (Å²) in [4.78, 5) is 8.73. The lowest BCUT2D eigenvalue weighted by Gasteiger charge is -2.16. The summed E-state index contributed by atoms with van der Waals surface area (Å²) in [5.41, 5.74) is 8.43. The molecule has 2 atom stereocenters. The van der Waals surface area contributed by atoms with Crippen molar-refractivity contribution in [2.75, 3.05) is 25.4 Å². The standard InChI is InChI=1S/C12H28N6OS/c1-4-20-10(3)11(15-6-5-7-19)18-12(13)17-9(2)8-16-14/h9-10,16,19H,4-8,14H2,1-3H3,(H3,13,15,17,18)/t9-,10?/m1/s1. The van der Waals surface area contributed by atoms with Gasteiger partial charge < -0.3 is 16.2 Å². The fourth-order valence-electron chi connectivity index (χ4n) is 1.49. The van der Waals surface area contributed by atoms with Gasteiger partial charge in [-0.25, -0.2) is 4.99 Å². The zero-order valence-corrected chi connectivity index (χ0v) is 13.4. The van der Waals surface area contributed by atoms with E-state index in [2.05, 4.69) is 34.6 Å². The molecule has 0 heterocycles. The summed E-state index contributed by atoms with van der Waals surface area (Å²) in [6, 6.07) is -0.0136. The number of hydrazine groups is 1. The van der Waals surface area contributed by atoms with Gasteiger partial charge >= 0.3 is 0 Å². The van der Waals surface area contributed by atoms with Gasteiger partial charge in [0.05, 0.1) is 11.3 Å². The molecule has 0 saturated heterocycles. The van der Waals surface area contributed by atoms with E-state index in [1.54, 1.807) is 11.8 Å². The van der Waals surface area contributed by atoms with Crippen LogP contribution in [0.15, 0.2) is 9.98 Å². The number of aliphatic hydroxyl groups excluding tert-OH is 1. The van der Waals surface area contributed by atoms with Crippen LogP contribution in [0.2, 0.25) is 0 Å². The van der Waals surface area contributed by atoms with Crippen molar-refractivity contribution in [2.24, 2.45) is 21.6 Å². The monoisotopic (exact) mass is 304 g/mol. The van der Waals surface area contributed by atoms with Crippen molar-refractivity contribution in [3.63, 3.8) is 0 Å². The SMILES string of the molecule is CCSC(C)C(=NCCCO)NC(N)=N[C@H](C)CNN. The quantitative estimate of drug-likeness (QED) is 0.131. The fourth-order valence-corrected chi connectivity index (χ4v) is 2.28. The maximum atomic E-state index is 8.82. The first-order valence-electron chi connectivity index (χ1n) is 6.85. The van der Waals surface area contributed by atoms with Gasteiger partial charge in [0.25, 0.3) is 0 Å². The van der Waals surface area contributed by atoms with Gasteiger partial charge in [-0.1, -0.05) is 6.92 Å². The molecule has 0 saturated carbocycles. The predicted molar refractivity (Wildman–Crippen MR) is 88.0 cm³/mol. The molecular weight excluding hydrogens is 276 g/mol. The Bertz CT molecular complexity index is 310. The van der Waals surface area contributed by atoms with Crippen LogP contribution >= 0.6 is 11.8 Å². The second-order valence-corrected chi connectivity index (χ2v) is 5.96. The summed E-state index contributed by atoms with van der Waals surface area (Å²) in [5, 5.41) is 12.1. The zero-order chi connectivity index (χ0) is 15.4. The van der Waals surface area contributed by atoms with E-state index < -0.39 is 0 Å². The molecule has 7 N–H and O–H groups in total. The van der Waals surface area contributed by atoms with Crippen LogP contribution in [-0.2, 0) is 0 Å². The van der Waals surface area contributed by atoms with Crippen LogP contribution in [-0.4, -0.2) is 53.6 Å². The molecule has 0 spiro atoms. The van der Waals surface area contributed by atoms with Gasteiger partial charge in [-0.3, -0.25) is 16.3 Å². The molecular formula is C12H28N6OS. The molecule has 20 heavy (non-hydrogen) atoms. The maximum Gasteiger partial charge on any atom is 0.194 e. The Labute approximate surface area is 125 Å². The smallest absolute Gasteiger partial charge is 0.194 e. The molecule has 0 rings (SSSR count). The minimum absolute atomic E-state index is 0.0136. The van der Waals surface area contributed by atoms with Crippen molar-refractivity contribution in [1.82, 2.24) is 10.7 Å². The maximum absolute atomic E-state index is 8.82. The highest BCUT2D eigenvalue weighted by molar-refractivity contribution is 8.00. The highest BCUT2D eigenvalue weighted by atomic mass is 32.2. The first-order valence-corrected chi connectivity index (χ1v) is 7.90. The van der Waals surface area contributed by atoms with E-state index in [9.17, 15) is 0 Å². The second-order valence-electron chi connectivity index (χ2n) is 4.34. The Morgan fingerprint density at radius 2 is 2.10 bits per heavy atom. The van der Waals surface area contributed by atoms with Crippen LogP contribution in [0.5, 0.6) is 0 Å². The van der Waals surface area contributed by atoms with E-state index in [1.807, 2.05) is 6.92 Å². The first kappa shape index (κ1) is 19.2. The lowest BCUT2D eigenvalue weighted by molar-refractivity contribution is 0.291. The first-order chi connectivity index (χ1) is 9.54. The van der Waals surface area contributed by atoms with Crippen LogP contribution in [0.3, 0.4) is 0 Å². The molecule has 0 aromatic rings. The molecule has 8 heteroatoms. The Morgan fingerprint density at radius 1 is 1.40 bits per heavy atom. The number of guanidine groups is 1. The number of nitrogens with one attached hydrogen (secondary N) is 2. The average Bonchev–Trinajstić information content (AvgIpc) is 2.38. The summed E-state index contributed by atoms with van der Waals surface area (Å²) in [6.45, 7) is 7.34. The minimum atomic E-state index is -0.0136. The average molecular weight is 304 g/mol. The molecule has 118 valence electrons. The van der Waals surface area contributed by atoms with E-state index in [0.29, 0.717) is 25.5 Å². The topological polar surface area (TPSA) is 121 Å². The van der Waals surface area contributed by atoms with Crippen molar-refractivity contribution in [1.29, 1.82) is 0 Å². The highest BCUT2D eigenvalue weighted by Crippen LogP contribution is 2.10. The predicted octanol–water partition coefficient (Wildman–Crippen LogP) is -0.335.